The number of ether oxygens (including phenoxy) is 1. The summed E-state index contributed by atoms with van der Waals surface area (Å²) in [5.41, 5.74) is 5.70. The number of anilines is 1. The van der Waals surface area contributed by atoms with Gasteiger partial charge in [0.2, 0.25) is 0 Å². The molecule has 1 aliphatic heterocycles. The molecule has 1 atom stereocenters. The minimum Gasteiger partial charge on any atom is -0.388 e. The summed E-state index contributed by atoms with van der Waals surface area (Å²) in [6.45, 7) is 8.38. The predicted octanol–water partition coefficient (Wildman–Crippen LogP) is 4.97. The molecule has 0 aliphatic carbocycles. The molecule has 1 aromatic carbocycles. The van der Waals surface area contributed by atoms with Crippen LogP contribution in [0.15, 0.2) is 48.9 Å². The molecule has 0 amide bonds. The van der Waals surface area contributed by atoms with Gasteiger partial charge in [-0.2, -0.15) is 0 Å². The second-order valence-corrected chi connectivity index (χ2v) is 7.80. The largest absolute Gasteiger partial charge is 0.388 e. The van der Waals surface area contributed by atoms with E-state index in [1.807, 2.05) is 12.1 Å². The zero-order valence-corrected chi connectivity index (χ0v) is 17.7. The van der Waals surface area contributed by atoms with Gasteiger partial charge in [-0.3, -0.25) is 4.98 Å². The van der Waals surface area contributed by atoms with Crippen LogP contribution in [0.5, 0.6) is 0 Å². The maximum Gasteiger partial charge on any atom is 0.0747 e. The van der Waals surface area contributed by atoms with Gasteiger partial charge in [0, 0.05) is 37.2 Å². The number of hydrogen-bond donors (Lipinski definition) is 2. The van der Waals surface area contributed by atoms with E-state index in [0.717, 1.165) is 30.8 Å². The molecule has 29 heavy (non-hydrogen) atoms. The smallest absolute Gasteiger partial charge is 0.0747 e. The number of hydrogen-bond acceptors (Lipinski definition) is 4. The minimum absolute atomic E-state index is 0.333. The molecule has 3 rings (SSSR count). The second kappa shape index (κ2) is 10.7. The lowest BCUT2D eigenvalue weighted by Crippen LogP contribution is -2.29. The highest BCUT2D eigenvalue weighted by Crippen LogP contribution is 2.26. The highest BCUT2D eigenvalue weighted by atomic mass is 16.5. The van der Waals surface area contributed by atoms with Gasteiger partial charge in [-0.25, -0.2) is 0 Å². The van der Waals surface area contributed by atoms with Crippen LogP contribution in [0, 0.1) is 24.8 Å². The molecule has 0 saturated carbocycles. The fourth-order valence-corrected chi connectivity index (χ4v) is 3.50. The van der Waals surface area contributed by atoms with Crippen LogP contribution in [0.25, 0.3) is 5.57 Å². The molecule has 1 unspecified atom stereocenters. The first-order valence-corrected chi connectivity index (χ1v) is 10.5. The van der Waals surface area contributed by atoms with Crippen LogP contribution in [0.4, 0.5) is 5.69 Å². The third kappa shape index (κ3) is 6.37. The highest BCUT2D eigenvalue weighted by molar-refractivity contribution is 5.70. The first kappa shape index (κ1) is 21.0. The van der Waals surface area contributed by atoms with E-state index in [1.165, 1.54) is 29.5 Å². The van der Waals surface area contributed by atoms with Gasteiger partial charge < -0.3 is 15.4 Å². The molecule has 2 heterocycles. The number of nitrogens with zero attached hydrogens (tertiary/aromatic N) is 1. The summed E-state index contributed by atoms with van der Waals surface area (Å²) in [6, 6.07) is 13.2. The molecular formula is C25H31N3O. The molecule has 1 saturated heterocycles. The summed E-state index contributed by atoms with van der Waals surface area (Å²) in [7, 11) is 0. The number of pyridine rings is 1. The Hall–Kier alpha value is -2.77. The normalized spacial score (nSPS) is 16.8. The van der Waals surface area contributed by atoms with E-state index in [-0.39, 0.29) is 0 Å². The Morgan fingerprint density at radius 2 is 2.21 bits per heavy atom. The third-order valence-corrected chi connectivity index (χ3v) is 5.11. The van der Waals surface area contributed by atoms with E-state index in [1.54, 1.807) is 12.4 Å². The minimum atomic E-state index is 0.333. The van der Waals surface area contributed by atoms with Crippen LogP contribution < -0.4 is 10.6 Å². The van der Waals surface area contributed by atoms with Crippen molar-refractivity contribution >= 4 is 11.3 Å². The van der Waals surface area contributed by atoms with Gasteiger partial charge >= 0.3 is 0 Å². The van der Waals surface area contributed by atoms with Gasteiger partial charge in [0.15, 0.2) is 0 Å². The Balaban J connectivity index is 1.66. The Morgan fingerprint density at radius 1 is 1.31 bits per heavy atom. The quantitative estimate of drug-likeness (QED) is 0.541. The van der Waals surface area contributed by atoms with Crippen molar-refractivity contribution in [3.63, 3.8) is 0 Å². The van der Waals surface area contributed by atoms with Crippen LogP contribution in [0.1, 0.15) is 49.8 Å². The summed E-state index contributed by atoms with van der Waals surface area (Å²) in [5, 5.41) is 6.57. The molecule has 0 bridgehead atoms. The van der Waals surface area contributed by atoms with E-state index in [4.69, 9.17) is 4.74 Å². The molecule has 1 fully saturated rings. The molecule has 0 radical (unpaired) electrons. The van der Waals surface area contributed by atoms with Gasteiger partial charge in [-0.15, -0.1) is 0 Å². The fourth-order valence-electron chi connectivity index (χ4n) is 3.50. The van der Waals surface area contributed by atoms with Crippen molar-refractivity contribution in [1.82, 2.24) is 10.3 Å². The van der Waals surface area contributed by atoms with Crippen molar-refractivity contribution in [3.8, 4) is 12.0 Å². The lowest BCUT2D eigenvalue weighted by Gasteiger charge is -2.23. The Morgan fingerprint density at radius 3 is 2.90 bits per heavy atom. The van der Waals surface area contributed by atoms with Crippen molar-refractivity contribution in [2.45, 2.75) is 46.1 Å². The third-order valence-electron chi connectivity index (χ3n) is 5.11. The molecular weight excluding hydrogens is 358 g/mol. The molecule has 2 aromatic rings. The molecule has 1 aliphatic rings. The average Bonchev–Trinajstić information content (AvgIpc) is 2.73. The summed E-state index contributed by atoms with van der Waals surface area (Å²) in [4.78, 5) is 4.08. The number of rotatable bonds is 6. The van der Waals surface area contributed by atoms with Crippen LogP contribution in [0.2, 0.25) is 0 Å². The SMILES string of the molecule is Cc1cc(C#CNc2cccnc2)ccc1/C(=C/NCC1CCCCO1)C(C)C. The standard InChI is InChI=1S/C25H31N3O/c1-19(2)25(18-27-17-23-8-4-5-14-29-23)24-10-9-21(15-20(24)3)11-13-28-22-7-6-12-26-16-22/h6-7,9-10,12,15-16,18-19,23,27-28H,4-5,8,14,17H2,1-3H3/b25-18+. The van der Waals surface area contributed by atoms with Gasteiger partial charge in [0.05, 0.1) is 18.0 Å². The van der Waals surface area contributed by atoms with Crippen LogP contribution >= 0.6 is 0 Å². The monoisotopic (exact) mass is 389 g/mol. The first-order valence-electron chi connectivity index (χ1n) is 10.5. The second-order valence-electron chi connectivity index (χ2n) is 7.80. The van der Waals surface area contributed by atoms with Crippen molar-refractivity contribution in [1.29, 1.82) is 0 Å². The first-order chi connectivity index (χ1) is 14.1. The molecule has 0 spiro atoms. The van der Waals surface area contributed by atoms with Gasteiger partial charge in [-0.05, 0) is 79.0 Å². The van der Waals surface area contributed by atoms with E-state index in [9.17, 15) is 0 Å². The summed E-state index contributed by atoms with van der Waals surface area (Å²) < 4.78 is 5.82. The molecule has 1 aromatic heterocycles. The maximum atomic E-state index is 5.82. The zero-order valence-electron chi connectivity index (χ0n) is 17.7. The zero-order chi connectivity index (χ0) is 20.5. The van der Waals surface area contributed by atoms with Gasteiger partial charge in [0.1, 0.15) is 0 Å². The molecule has 152 valence electrons. The lowest BCUT2D eigenvalue weighted by atomic mass is 9.92. The lowest BCUT2D eigenvalue weighted by molar-refractivity contribution is 0.0188. The Kier molecular flexibility index (Phi) is 7.72. The van der Waals surface area contributed by atoms with Gasteiger partial charge in [0.25, 0.3) is 0 Å². The summed E-state index contributed by atoms with van der Waals surface area (Å²) in [5.74, 6) is 3.60. The van der Waals surface area contributed by atoms with E-state index >= 15 is 0 Å². The Labute approximate surface area is 174 Å². The van der Waals surface area contributed by atoms with Gasteiger partial charge in [-0.1, -0.05) is 19.9 Å². The maximum absolute atomic E-state index is 5.82. The number of nitrogens with one attached hydrogen (secondary N) is 2. The topological polar surface area (TPSA) is 46.2 Å². The predicted molar refractivity (Wildman–Crippen MR) is 120 cm³/mol. The van der Waals surface area contributed by atoms with Crippen LogP contribution in [-0.2, 0) is 4.74 Å². The van der Waals surface area contributed by atoms with Crippen molar-refractivity contribution in [2.75, 3.05) is 18.5 Å². The number of aromatic nitrogens is 1. The molecule has 2 N–H and O–H groups in total. The highest BCUT2D eigenvalue weighted by Gasteiger charge is 2.14. The van der Waals surface area contributed by atoms with Crippen LogP contribution in [-0.4, -0.2) is 24.2 Å². The number of aryl methyl sites for hydroxylation is 1. The van der Waals surface area contributed by atoms with Crippen molar-refractivity contribution < 1.29 is 4.74 Å². The molecule has 4 heteroatoms. The fraction of sp³-hybridized carbons (Fsp3) is 0.400. The number of benzene rings is 1. The van der Waals surface area contributed by atoms with Crippen molar-refractivity contribution in [2.24, 2.45) is 5.92 Å². The van der Waals surface area contributed by atoms with Crippen LogP contribution in [0.3, 0.4) is 0 Å². The Bertz CT molecular complexity index is 872. The molecule has 4 nitrogen and oxygen atoms in total. The van der Waals surface area contributed by atoms with E-state index in [0.29, 0.717) is 12.0 Å². The summed E-state index contributed by atoms with van der Waals surface area (Å²) >= 11 is 0. The van der Waals surface area contributed by atoms with E-state index < -0.39 is 0 Å². The van der Waals surface area contributed by atoms with Crippen molar-refractivity contribution in [3.05, 3.63) is 65.6 Å². The number of allylic oxidation sites excluding steroid dienone is 1. The summed E-state index contributed by atoms with van der Waals surface area (Å²) in [6.07, 6.45) is 9.61. The average molecular weight is 390 g/mol. The van der Waals surface area contributed by atoms with E-state index in [2.05, 4.69) is 72.8 Å².